The summed E-state index contributed by atoms with van der Waals surface area (Å²) in [4.78, 5) is 29.5. The molecule has 5 rings (SSSR count). The van der Waals surface area contributed by atoms with Gasteiger partial charge in [0, 0.05) is 24.7 Å². The lowest BCUT2D eigenvalue weighted by Crippen LogP contribution is -2.47. The number of thioether (sulfide) groups is 1. The van der Waals surface area contributed by atoms with E-state index in [2.05, 4.69) is 5.16 Å². The van der Waals surface area contributed by atoms with Crippen molar-refractivity contribution in [2.24, 2.45) is 11.8 Å². The first-order valence-corrected chi connectivity index (χ1v) is 10.8. The number of amides is 2. The predicted octanol–water partition coefficient (Wildman–Crippen LogP) is 2.38. The molecule has 4 aliphatic rings. The van der Waals surface area contributed by atoms with Gasteiger partial charge in [-0.2, -0.15) is 11.8 Å². The van der Waals surface area contributed by atoms with Gasteiger partial charge >= 0.3 is 0 Å². The van der Waals surface area contributed by atoms with Crippen LogP contribution in [-0.4, -0.2) is 57.4 Å². The molecule has 0 aromatic carbocycles. The van der Waals surface area contributed by atoms with Crippen LogP contribution < -0.4 is 0 Å². The molecule has 0 unspecified atom stereocenters. The van der Waals surface area contributed by atoms with Gasteiger partial charge in [0.2, 0.25) is 11.8 Å². The first-order valence-electron chi connectivity index (χ1n) is 9.60. The van der Waals surface area contributed by atoms with Crippen LogP contribution >= 0.6 is 11.8 Å². The molecule has 2 atom stereocenters. The van der Waals surface area contributed by atoms with Gasteiger partial charge in [0.15, 0.2) is 0 Å². The quantitative estimate of drug-likeness (QED) is 0.761. The molecular weight excluding hydrogens is 350 g/mol. The van der Waals surface area contributed by atoms with Gasteiger partial charge in [-0.1, -0.05) is 5.16 Å². The number of piperidine rings is 1. The van der Waals surface area contributed by atoms with Gasteiger partial charge in [-0.15, -0.1) is 0 Å². The second kappa shape index (κ2) is 7.25. The van der Waals surface area contributed by atoms with Crippen molar-refractivity contribution in [1.29, 1.82) is 0 Å². The third kappa shape index (κ3) is 3.63. The molecule has 1 saturated carbocycles. The van der Waals surface area contributed by atoms with Gasteiger partial charge in [-0.3, -0.25) is 9.59 Å². The number of carbonyl (C=O) groups is 2. The van der Waals surface area contributed by atoms with Crippen LogP contribution in [0.15, 0.2) is 4.52 Å². The molecule has 2 bridgehead atoms. The normalized spacial score (nSPS) is 25.7. The van der Waals surface area contributed by atoms with Crippen molar-refractivity contribution in [3.63, 3.8) is 0 Å². The fraction of sp³-hybridized carbons (Fsp3) is 0.737. The Bertz CT molecular complexity index is 681. The van der Waals surface area contributed by atoms with E-state index in [4.69, 9.17) is 4.52 Å². The van der Waals surface area contributed by atoms with Crippen LogP contribution in [0.3, 0.4) is 0 Å². The summed E-state index contributed by atoms with van der Waals surface area (Å²) in [6.07, 6.45) is 4.50. The largest absolute Gasteiger partial charge is 0.361 e. The topological polar surface area (TPSA) is 66.7 Å². The molecule has 2 amide bonds. The van der Waals surface area contributed by atoms with Gasteiger partial charge in [0.1, 0.15) is 5.76 Å². The van der Waals surface area contributed by atoms with Crippen LogP contribution in [0.25, 0.3) is 0 Å². The lowest BCUT2D eigenvalue weighted by Gasteiger charge is -2.35. The minimum Gasteiger partial charge on any atom is -0.361 e. The molecule has 1 aliphatic carbocycles. The monoisotopic (exact) mass is 377 g/mol. The fourth-order valence-electron chi connectivity index (χ4n) is 4.04. The zero-order valence-electron chi connectivity index (χ0n) is 15.6. The molecule has 0 N–H and O–H groups in total. The van der Waals surface area contributed by atoms with Gasteiger partial charge in [0.25, 0.3) is 0 Å². The van der Waals surface area contributed by atoms with E-state index in [-0.39, 0.29) is 23.8 Å². The average molecular weight is 378 g/mol. The molecule has 3 saturated heterocycles. The van der Waals surface area contributed by atoms with Crippen molar-refractivity contribution in [1.82, 2.24) is 15.0 Å². The minimum absolute atomic E-state index is 0.0633. The second-order valence-corrected chi connectivity index (χ2v) is 8.98. The molecule has 1 aromatic rings. The highest BCUT2D eigenvalue weighted by Gasteiger charge is 2.42. The Labute approximate surface area is 158 Å². The summed E-state index contributed by atoms with van der Waals surface area (Å²) in [7, 11) is 0. The molecule has 3 aliphatic heterocycles. The van der Waals surface area contributed by atoms with E-state index in [1.165, 1.54) is 12.8 Å². The maximum absolute atomic E-state index is 13.0. The Morgan fingerprint density at radius 1 is 1.23 bits per heavy atom. The van der Waals surface area contributed by atoms with Crippen LogP contribution in [-0.2, 0) is 16.1 Å². The lowest BCUT2D eigenvalue weighted by molar-refractivity contribution is -0.140. The van der Waals surface area contributed by atoms with Crippen molar-refractivity contribution in [3.8, 4) is 0 Å². The summed E-state index contributed by atoms with van der Waals surface area (Å²) >= 11 is 1.75. The summed E-state index contributed by atoms with van der Waals surface area (Å²) in [5, 5.41) is 4.01. The third-order valence-corrected chi connectivity index (χ3v) is 7.09. The van der Waals surface area contributed by atoms with Gasteiger partial charge < -0.3 is 14.3 Å². The third-order valence-electron chi connectivity index (χ3n) is 5.93. The highest BCUT2D eigenvalue weighted by Crippen LogP contribution is 2.34. The molecule has 142 valence electrons. The standard InChI is InChI=1S/C19H27N3O3S/c1-12-17(13(2)25-20-12)9-22-16-6-5-15(19(22)24)7-21(8-16)18(23)11-26-10-14-3-4-14/h14-16H,3-11H2,1-2H3/t15-,16+/m1/s1. The lowest BCUT2D eigenvalue weighted by atomic mass is 9.93. The molecule has 4 fully saturated rings. The molecule has 7 heteroatoms. The molecule has 0 spiro atoms. The van der Waals surface area contributed by atoms with Crippen LogP contribution in [0.2, 0.25) is 0 Å². The van der Waals surface area contributed by atoms with Crippen molar-refractivity contribution < 1.29 is 14.1 Å². The molecule has 26 heavy (non-hydrogen) atoms. The highest BCUT2D eigenvalue weighted by atomic mass is 32.2. The Hall–Kier alpha value is -1.50. The van der Waals surface area contributed by atoms with E-state index >= 15 is 0 Å². The van der Waals surface area contributed by atoms with Crippen LogP contribution in [0.4, 0.5) is 0 Å². The van der Waals surface area contributed by atoms with Gasteiger partial charge in [0.05, 0.1) is 23.9 Å². The molecule has 4 heterocycles. The molecule has 6 nitrogen and oxygen atoms in total. The van der Waals surface area contributed by atoms with Crippen molar-refractivity contribution in [2.45, 2.75) is 52.1 Å². The van der Waals surface area contributed by atoms with E-state index in [1.54, 1.807) is 11.8 Å². The van der Waals surface area contributed by atoms with E-state index in [0.29, 0.717) is 25.4 Å². The Kier molecular flexibility index (Phi) is 4.99. The van der Waals surface area contributed by atoms with Crippen LogP contribution in [0, 0.1) is 25.7 Å². The average Bonchev–Trinajstić information content (AvgIpc) is 3.42. The second-order valence-electron chi connectivity index (χ2n) is 7.95. The number of aromatic nitrogens is 1. The van der Waals surface area contributed by atoms with Crippen LogP contribution in [0.5, 0.6) is 0 Å². The van der Waals surface area contributed by atoms with Crippen molar-refractivity contribution in [2.75, 3.05) is 24.6 Å². The molecule has 1 aromatic heterocycles. The number of hydrogen-bond donors (Lipinski definition) is 0. The zero-order valence-corrected chi connectivity index (χ0v) is 16.4. The van der Waals surface area contributed by atoms with E-state index < -0.39 is 0 Å². The first kappa shape index (κ1) is 17.9. The smallest absolute Gasteiger partial charge is 0.232 e. The zero-order chi connectivity index (χ0) is 18.3. The Morgan fingerprint density at radius 3 is 2.73 bits per heavy atom. The summed E-state index contributed by atoms with van der Waals surface area (Å²) in [6, 6.07) is 0.104. The predicted molar refractivity (Wildman–Crippen MR) is 99.7 cm³/mol. The highest BCUT2D eigenvalue weighted by molar-refractivity contribution is 7.99. The van der Waals surface area contributed by atoms with E-state index in [1.807, 2.05) is 23.6 Å². The Morgan fingerprint density at radius 2 is 2.04 bits per heavy atom. The number of carbonyl (C=O) groups excluding carboxylic acids is 2. The van der Waals surface area contributed by atoms with E-state index in [9.17, 15) is 9.59 Å². The maximum Gasteiger partial charge on any atom is 0.232 e. The van der Waals surface area contributed by atoms with Crippen LogP contribution in [0.1, 0.15) is 42.7 Å². The summed E-state index contributed by atoms with van der Waals surface area (Å²) in [5.41, 5.74) is 1.85. The van der Waals surface area contributed by atoms with Crippen molar-refractivity contribution >= 4 is 23.6 Å². The van der Waals surface area contributed by atoms with E-state index in [0.717, 1.165) is 41.5 Å². The molecular formula is C19H27N3O3S. The molecule has 0 radical (unpaired) electrons. The first-order chi connectivity index (χ1) is 12.5. The summed E-state index contributed by atoms with van der Waals surface area (Å²) < 4.78 is 5.26. The van der Waals surface area contributed by atoms with Crippen molar-refractivity contribution in [3.05, 3.63) is 17.0 Å². The fourth-order valence-corrected chi connectivity index (χ4v) is 5.18. The SMILES string of the molecule is Cc1noc(C)c1CN1C(=O)[C@@H]2CC[C@H]1CN(C(=O)CSCC1CC1)C2. The number of rotatable bonds is 6. The maximum atomic E-state index is 13.0. The number of hydrogen-bond acceptors (Lipinski definition) is 5. The number of nitrogens with zero attached hydrogens (tertiary/aromatic N) is 3. The van der Waals surface area contributed by atoms with Gasteiger partial charge in [-0.05, 0) is 51.2 Å². The minimum atomic E-state index is -0.0633. The number of fused-ring (bicyclic) bond motifs is 4. The summed E-state index contributed by atoms with van der Waals surface area (Å²) in [6.45, 7) is 5.59. The Balaban J connectivity index is 1.43. The van der Waals surface area contributed by atoms with Gasteiger partial charge in [-0.25, -0.2) is 0 Å². The number of aryl methyl sites for hydroxylation is 2. The summed E-state index contributed by atoms with van der Waals surface area (Å²) in [5.74, 6) is 3.57.